The standard InChI is InChI=1S/C15H17N3O2/c1-10-3-5-11(6-4-10)18-13(16-14(19)20)9-12(17-18)15(2)7-8-15/h3-6,9,16H,7-8H2,1-2H3,(H,19,20). The predicted molar refractivity (Wildman–Crippen MR) is 76.5 cm³/mol. The first-order valence-corrected chi connectivity index (χ1v) is 6.65. The second kappa shape index (κ2) is 4.37. The molecule has 2 aromatic rings. The first-order valence-electron chi connectivity index (χ1n) is 6.65. The Labute approximate surface area is 117 Å². The van der Waals surface area contributed by atoms with Gasteiger partial charge < -0.3 is 5.11 Å². The summed E-state index contributed by atoms with van der Waals surface area (Å²) >= 11 is 0. The molecule has 1 aromatic heterocycles. The van der Waals surface area contributed by atoms with Crippen molar-refractivity contribution in [2.24, 2.45) is 0 Å². The van der Waals surface area contributed by atoms with E-state index in [1.807, 2.05) is 37.3 Å². The van der Waals surface area contributed by atoms with Gasteiger partial charge in [0, 0.05) is 11.5 Å². The number of nitrogens with zero attached hydrogens (tertiary/aromatic N) is 2. The molecule has 1 aliphatic carbocycles. The summed E-state index contributed by atoms with van der Waals surface area (Å²) in [7, 11) is 0. The van der Waals surface area contributed by atoms with Crippen LogP contribution in [0.2, 0.25) is 0 Å². The number of hydrogen-bond acceptors (Lipinski definition) is 2. The maximum Gasteiger partial charge on any atom is 0.410 e. The van der Waals surface area contributed by atoms with Crippen LogP contribution >= 0.6 is 0 Å². The van der Waals surface area contributed by atoms with Gasteiger partial charge in [-0.1, -0.05) is 24.6 Å². The Balaban J connectivity index is 2.05. The smallest absolute Gasteiger partial charge is 0.410 e. The minimum atomic E-state index is -1.08. The Kier molecular flexibility index (Phi) is 2.78. The molecule has 0 bridgehead atoms. The molecule has 0 spiro atoms. The Morgan fingerprint density at radius 1 is 1.35 bits per heavy atom. The number of aryl methyl sites for hydroxylation is 1. The summed E-state index contributed by atoms with van der Waals surface area (Å²) in [6, 6.07) is 9.68. The lowest BCUT2D eigenvalue weighted by Gasteiger charge is -2.07. The monoisotopic (exact) mass is 271 g/mol. The van der Waals surface area contributed by atoms with Crippen molar-refractivity contribution < 1.29 is 9.90 Å². The maximum atomic E-state index is 10.9. The van der Waals surface area contributed by atoms with Gasteiger partial charge in [0.05, 0.1) is 11.4 Å². The van der Waals surface area contributed by atoms with E-state index in [9.17, 15) is 4.79 Å². The maximum absolute atomic E-state index is 10.9. The van der Waals surface area contributed by atoms with E-state index < -0.39 is 6.09 Å². The molecule has 2 N–H and O–H groups in total. The van der Waals surface area contributed by atoms with Crippen molar-refractivity contribution in [3.63, 3.8) is 0 Å². The normalized spacial score (nSPS) is 15.9. The SMILES string of the molecule is Cc1ccc(-n2nc(C3(C)CC3)cc2NC(=O)O)cc1. The van der Waals surface area contributed by atoms with Gasteiger partial charge in [-0.2, -0.15) is 5.10 Å². The Bertz CT molecular complexity index is 654. The van der Waals surface area contributed by atoms with E-state index in [0.29, 0.717) is 5.82 Å². The summed E-state index contributed by atoms with van der Waals surface area (Å²) in [6.45, 7) is 4.17. The van der Waals surface area contributed by atoms with Gasteiger partial charge in [0.15, 0.2) is 0 Å². The summed E-state index contributed by atoms with van der Waals surface area (Å²) in [5.74, 6) is 0.490. The highest BCUT2D eigenvalue weighted by Crippen LogP contribution is 2.47. The average molecular weight is 271 g/mol. The number of carboxylic acid groups (broad SMARTS) is 1. The Morgan fingerprint density at radius 3 is 2.55 bits per heavy atom. The van der Waals surface area contributed by atoms with Crippen LogP contribution in [0.3, 0.4) is 0 Å². The van der Waals surface area contributed by atoms with Gasteiger partial charge in [-0.3, -0.25) is 5.32 Å². The zero-order valence-corrected chi connectivity index (χ0v) is 11.6. The molecule has 1 fully saturated rings. The fourth-order valence-corrected chi connectivity index (χ4v) is 2.20. The van der Waals surface area contributed by atoms with Crippen LogP contribution in [-0.2, 0) is 5.41 Å². The molecule has 0 saturated heterocycles. The molecule has 0 radical (unpaired) electrons. The van der Waals surface area contributed by atoms with Crippen LogP contribution < -0.4 is 5.32 Å². The third kappa shape index (κ3) is 2.27. The minimum Gasteiger partial charge on any atom is -0.465 e. The molecular weight excluding hydrogens is 254 g/mol. The molecule has 0 aliphatic heterocycles. The van der Waals surface area contributed by atoms with Gasteiger partial charge in [0.2, 0.25) is 0 Å². The lowest BCUT2D eigenvalue weighted by Crippen LogP contribution is -2.12. The zero-order chi connectivity index (χ0) is 14.3. The molecule has 5 nitrogen and oxygen atoms in total. The zero-order valence-electron chi connectivity index (χ0n) is 11.6. The number of amides is 1. The van der Waals surface area contributed by atoms with E-state index in [0.717, 1.165) is 29.8 Å². The first-order chi connectivity index (χ1) is 9.48. The van der Waals surface area contributed by atoms with E-state index in [-0.39, 0.29) is 5.41 Å². The van der Waals surface area contributed by atoms with E-state index >= 15 is 0 Å². The number of rotatable bonds is 3. The second-order valence-electron chi connectivity index (χ2n) is 5.65. The van der Waals surface area contributed by atoms with Crippen LogP contribution in [0.5, 0.6) is 0 Å². The van der Waals surface area contributed by atoms with Crippen molar-refractivity contribution in [1.29, 1.82) is 0 Å². The van der Waals surface area contributed by atoms with Gasteiger partial charge in [-0.15, -0.1) is 0 Å². The van der Waals surface area contributed by atoms with E-state index in [1.54, 1.807) is 4.68 Å². The highest BCUT2D eigenvalue weighted by atomic mass is 16.4. The van der Waals surface area contributed by atoms with Crippen LogP contribution in [0.4, 0.5) is 10.6 Å². The summed E-state index contributed by atoms with van der Waals surface area (Å²) in [6.07, 6.45) is 1.13. The summed E-state index contributed by atoms with van der Waals surface area (Å²) in [5, 5.41) is 16.0. The van der Waals surface area contributed by atoms with Crippen molar-refractivity contribution in [2.45, 2.75) is 32.1 Å². The minimum absolute atomic E-state index is 0.102. The Morgan fingerprint density at radius 2 is 2.00 bits per heavy atom. The molecule has 1 amide bonds. The van der Waals surface area contributed by atoms with E-state index in [1.165, 1.54) is 0 Å². The molecular formula is C15H17N3O2. The van der Waals surface area contributed by atoms with Gasteiger partial charge in [0.1, 0.15) is 5.82 Å². The number of nitrogens with one attached hydrogen (secondary N) is 1. The number of anilines is 1. The van der Waals surface area contributed by atoms with Crippen molar-refractivity contribution >= 4 is 11.9 Å². The van der Waals surface area contributed by atoms with Gasteiger partial charge in [-0.25, -0.2) is 9.48 Å². The van der Waals surface area contributed by atoms with Gasteiger partial charge in [0.25, 0.3) is 0 Å². The third-order valence-corrected chi connectivity index (χ3v) is 3.84. The number of hydrogen-bond donors (Lipinski definition) is 2. The second-order valence-corrected chi connectivity index (χ2v) is 5.65. The molecule has 1 heterocycles. The Hall–Kier alpha value is -2.30. The van der Waals surface area contributed by atoms with E-state index in [4.69, 9.17) is 5.11 Å². The molecule has 0 unspecified atom stereocenters. The largest absolute Gasteiger partial charge is 0.465 e. The number of aromatic nitrogens is 2. The molecule has 104 valence electrons. The average Bonchev–Trinajstić information content (AvgIpc) is 2.99. The van der Waals surface area contributed by atoms with Crippen LogP contribution in [0.15, 0.2) is 30.3 Å². The molecule has 1 aromatic carbocycles. The fourth-order valence-electron chi connectivity index (χ4n) is 2.20. The molecule has 3 rings (SSSR count). The highest BCUT2D eigenvalue weighted by molar-refractivity contribution is 5.82. The quantitative estimate of drug-likeness (QED) is 0.899. The van der Waals surface area contributed by atoms with Crippen molar-refractivity contribution in [2.75, 3.05) is 5.32 Å². The van der Waals surface area contributed by atoms with Crippen molar-refractivity contribution in [3.05, 3.63) is 41.6 Å². The van der Waals surface area contributed by atoms with Gasteiger partial charge >= 0.3 is 6.09 Å². The molecule has 1 saturated carbocycles. The van der Waals surface area contributed by atoms with Crippen molar-refractivity contribution in [3.8, 4) is 5.69 Å². The lowest BCUT2D eigenvalue weighted by molar-refractivity contribution is 0.209. The predicted octanol–water partition coefficient (Wildman–Crippen LogP) is 3.32. The number of benzene rings is 1. The van der Waals surface area contributed by atoms with Crippen LogP contribution in [0.25, 0.3) is 5.69 Å². The van der Waals surface area contributed by atoms with Crippen LogP contribution in [0, 0.1) is 6.92 Å². The molecule has 5 heteroatoms. The summed E-state index contributed by atoms with van der Waals surface area (Å²) < 4.78 is 1.66. The van der Waals surface area contributed by atoms with Crippen LogP contribution in [-0.4, -0.2) is 21.0 Å². The number of carbonyl (C=O) groups is 1. The van der Waals surface area contributed by atoms with Gasteiger partial charge in [-0.05, 0) is 31.9 Å². The van der Waals surface area contributed by atoms with E-state index in [2.05, 4.69) is 17.3 Å². The highest BCUT2D eigenvalue weighted by Gasteiger charge is 2.42. The van der Waals surface area contributed by atoms with Crippen molar-refractivity contribution in [1.82, 2.24) is 9.78 Å². The fraction of sp³-hybridized carbons (Fsp3) is 0.333. The molecule has 0 atom stereocenters. The summed E-state index contributed by atoms with van der Waals surface area (Å²) in [5.41, 5.74) is 3.06. The van der Waals surface area contributed by atoms with Crippen LogP contribution in [0.1, 0.15) is 31.0 Å². The topological polar surface area (TPSA) is 67.2 Å². The third-order valence-electron chi connectivity index (χ3n) is 3.84. The molecule has 20 heavy (non-hydrogen) atoms. The lowest BCUT2D eigenvalue weighted by atomic mass is 10.1. The molecule has 1 aliphatic rings. The first kappa shape index (κ1) is 12.7. The summed E-state index contributed by atoms with van der Waals surface area (Å²) in [4.78, 5) is 10.9.